The number of carbonyl (C=O) groups is 2. The summed E-state index contributed by atoms with van der Waals surface area (Å²) in [5, 5.41) is 3.12. The van der Waals surface area contributed by atoms with E-state index >= 15 is 0 Å². The van der Waals surface area contributed by atoms with Crippen LogP contribution in [0.1, 0.15) is 50.8 Å². The molecule has 126 valence electrons. The first-order valence-electron chi connectivity index (χ1n) is 8.54. The zero-order valence-corrected chi connectivity index (χ0v) is 14.6. The number of benzene rings is 1. The summed E-state index contributed by atoms with van der Waals surface area (Å²) >= 11 is 0. The largest absolute Gasteiger partial charge is 0.349 e. The third-order valence-electron chi connectivity index (χ3n) is 4.61. The number of rotatable bonds is 4. The number of nitrogens with one attached hydrogen (secondary N) is 1. The number of piperidine rings is 1. The van der Waals surface area contributed by atoms with E-state index in [4.69, 9.17) is 0 Å². The first kappa shape index (κ1) is 17.5. The average Bonchev–Trinajstić information content (AvgIpc) is 2.54. The van der Waals surface area contributed by atoms with Crippen LogP contribution in [0.2, 0.25) is 0 Å². The van der Waals surface area contributed by atoms with E-state index in [1.807, 2.05) is 37.8 Å². The highest BCUT2D eigenvalue weighted by Crippen LogP contribution is 2.21. The molecule has 1 aliphatic heterocycles. The van der Waals surface area contributed by atoms with Crippen molar-refractivity contribution in [2.75, 3.05) is 13.1 Å². The minimum absolute atomic E-state index is 0.0114. The van der Waals surface area contributed by atoms with Gasteiger partial charge in [-0.3, -0.25) is 9.59 Å². The van der Waals surface area contributed by atoms with E-state index in [1.54, 1.807) is 0 Å². The summed E-state index contributed by atoms with van der Waals surface area (Å²) in [6, 6.07) is 8.09. The van der Waals surface area contributed by atoms with Crippen molar-refractivity contribution in [1.82, 2.24) is 10.2 Å². The lowest BCUT2D eigenvalue weighted by molar-refractivity contribution is -0.138. The molecule has 1 aromatic rings. The molecule has 0 aromatic heterocycles. The SMILES string of the molecule is Cc1ccccc1C(C)NC(=O)C1CCCN(C(=O)C(C)C)C1. The smallest absolute Gasteiger partial charge is 0.225 e. The molecule has 0 bridgehead atoms. The predicted octanol–water partition coefficient (Wildman–Crippen LogP) is 3.07. The molecule has 0 radical (unpaired) electrons. The minimum atomic E-state index is -0.0991. The van der Waals surface area contributed by atoms with Gasteiger partial charge in [0.2, 0.25) is 11.8 Å². The molecule has 1 fully saturated rings. The highest BCUT2D eigenvalue weighted by Gasteiger charge is 2.30. The minimum Gasteiger partial charge on any atom is -0.349 e. The van der Waals surface area contributed by atoms with Gasteiger partial charge in [0.15, 0.2) is 0 Å². The molecule has 2 amide bonds. The van der Waals surface area contributed by atoms with Gasteiger partial charge in [-0.15, -0.1) is 0 Å². The lowest BCUT2D eigenvalue weighted by Crippen LogP contribution is -2.47. The van der Waals surface area contributed by atoms with Gasteiger partial charge >= 0.3 is 0 Å². The van der Waals surface area contributed by atoms with Gasteiger partial charge in [-0.05, 0) is 37.8 Å². The Morgan fingerprint density at radius 2 is 1.91 bits per heavy atom. The van der Waals surface area contributed by atoms with Gasteiger partial charge in [0.05, 0.1) is 12.0 Å². The van der Waals surface area contributed by atoms with E-state index < -0.39 is 0 Å². The Bertz CT molecular complexity index is 568. The maximum absolute atomic E-state index is 12.6. The fourth-order valence-corrected chi connectivity index (χ4v) is 3.24. The fourth-order valence-electron chi connectivity index (χ4n) is 3.24. The van der Waals surface area contributed by atoms with Gasteiger partial charge < -0.3 is 10.2 Å². The summed E-state index contributed by atoms with van der Waals surface area (Å²) in [5.41, 5.74) is 2.33. The van der Waals surface area contributed by atoms with Crippen LogP contribution in [0.25, 0.3) is 0 Å². The van der Waals surface area contributed by atoms with Crippen LogP contribution in [0.15, 0.2) is 24.3 Å². The lowest BCUT2D eigenvalue weighted by Gasteiger charge is -2.33. The average molecular weight is 316 g/mol. The maximum atomic E-state index is 12.6. The summed E-state index contributed by atoms with van der Waals surface area (Å²) in [6.45, 7) is 9.21. The Labute approximate surface area is 139 Å². The molecular formula is C19H28N2O2. The lowest BCUT2D eigenvalue weighted by atomic mass is 9.95. The van der Waals surface area contributed by atoms with Crippen LogP contribution in [0.4, 0.5) is 0 Å². The summed E-state index contributed by atoms with van der Waals surface area (Å²) in [6.07, 6.45) is 1.75. The van der Waals surface area contributed by atoms with Crippen molar-refractivity contribution in [2.45, 2.75) is 46.6 Å². The summed E-state index contributed by atoms with van der Waals surface area (Å²) in [5.74, 6) is 0.0945. The Morgan fingerprint density at radius 3 is 2.57 bits per heavy atom. The normalized spacial score (nSPS) is 19.5. The topological polar surface area (TPSA) is 49.4 Å². The van der Waals surface area contributed by atoms with Crippen LogP contribution in [0.3, 0.4) is 0 Å². The summed E-state index contributed by atoms with van der Waals surface area (Å²) in [4.78, 5) is 26.6. The van der Waals surface area contributed by atoms with Crippen molar-refractivity contribution in [3.8, 4) is 0 Å². The number of amides is 2. The highest BCUT2D eigenvalue weighted by molar-refractivity contribution is 5.82. The van der Waals surface area contributed by atoms with Crippen molar-refractivity contribution in [3.05, 3.63) is 35.4 Å². The van der Waals surface area contributed by atoms with Gasteiger partial charge in [-0.2, -0.15) is 0 Å². The number of likely N-dealkylation sites (tertiary alicyclic amines) is 1. The zero-order chi connectivity index (χ0) is 17.0. The molecule has 0 aliphatic carbocycles. The second kappa shape index (κ2) is 7.62. The summed E-state index contributed by atoms with van der Waals surface area (Å²) < 4.78 is 0. The van der Waals surface area contributed by atoms with Gasteiger partial charge in [-0.25, -0.2) is 0 Å². The number of hydrogen-bond acceptors (Lipinski definition) is 2. The standard InChI is InChI=1S/C19H28N2O2/c1-13(2)19(23)21-11-7-9-16(12-21)18(22)20-15(4)17-10-6-5-8-14(17)3/h5-6,8,10,13,15-16H,7,9,11-12H2,1-4H3,(H,20,22). The van der Waals surface area contributed by atoms with Crippen molar-refractivity contribution in [1.29, 1.82) is 0 Å². The number of aryl methyl sites for hydroxylation is 1. The second-order valence-electron chi connectivity index (χ2n) is 6.86. The van der Waals surface area contributed by atoms with Crippen molar-refractivity contribution in [2.24, 2.45) is 11.8 Å². The van der Waals surface area contributed by atoms with Crippen LogP contribution < -0.4 is 5.32 Å². The van der Waals surface area contributed by atoms with Crippen LogP contribution in [0.5, 0.6) is 0 Å². The van der Waals surface area contributed by atoms with Gasteiger partial charge in [-0.1, -0.05) is 38.1 Å². The molecule has 1 N–H and O–H groups in total. The van der Waals surface area contributed by atoms with Crippen LogP contribution >= 0.6 is 0 Å². The van der Waals surface area contributed by atoms with E-state index in [0.29, 0.717) is 6.54 Å². The predicted molar refractivity (Wildman–Crippen MR) is 91.9 cm³/mol. The number of carbonyl (C=O) groups excluding carboxylic acids is 2. The van der Waals surface area contributed by atoms with Gasteiger partial charge in [0.1, 0.15) is 0 Å². The number of nitrogens with zero attached hydrogens (tertiary/aromatic N) is 1. The van der Waals surface area contributed by atoms with Crippen LogP contribution in [-0.2, 0) is 9.59 Å². The van der Waals surface area contributed by atoms with Crippen molar-refractivity contribution in [3.63, 3.8) is 0 Å². The molecular weight excluding hydrogens is 288 g/mol. The van der Waals surface area contributed by atoms with Crippen LogP contribution in [-0.4, -0.2) is 29.8 Å². The van der Waals surface area contributed by atoms with E-state index in [-0.39, 0.29) is 29.7 Å². The zero-order valence-electron chi connectivity index (χ0n) is 14.6. The fraction of sp³-hybridized carbons (Fsp3) is 0.579. The summed E-state index contributed by atoms with van der Waals surface area (Å²) in [7, 11) is 0. The van der Waals surface area contributed by atoms with Crippen molar-refractivity contribution >= 4 is 11.8 Å². The molecule has 1 saturated heterocycles. The third kappa shape index (κ3) is 4.34. The molecule has 0 spiro atoms. The first-order chi connectivity index (χ1) is 10.9. The van der Waals surface area contributed by atoms with Crippen LogP contribution in [0, 0.1) is 18.8 Å². The Morgan fingerprint density at radius 1 is 1.22 bits per heavy atom. The monoisotopic (exact) mass is 316 g/mol. The Kier molecular flexibility index (Phi) is 5.80. The maximum Gasteiger partial charge on any atom is 0.225 e. The molecule has 1 heterocycles. The van der Waals surface area contributed by atoms with Gasteiger partial charge in [0.25, 0.3) is 0 Å². The molecule has 2 atom stereocenters. The third-order valence-corrected chi connectivity index (χ3v) is 4.61. The highest BCUT2D eigenvalue weighted by atomic mass is 16.2. The molecule has 0 saturated carbocycles. The Balaban J connectivity index is 1.97. The second-order valence-corrected chi connectivity index (χ2v) is 6.86. The van der Waals surface area contributed by atoms with E-state index in [9.17, 15) is 9.59 Å². The number of hydrogen-bond donors (Lipinski definition) is 1. The van der Waals surface area contributed by atoms with Gasteiger partial charge in [0, 0.05) is 19.0 Å². The molecule has 23 heavy (non-hydrogen) atoms. The molecule has 4 nitrogen and oxygen atoms in total. The van der Waals surface area contributed by atoms with Crippen molar-refractivity contribution < 1.29 is 9.59 Å². The molecule has 1 aromatic carbocycles. The Hall–Kier alpha value is -1.84. The van der Waals surface area contributed by atoms with E-state index in [1.165, 1.54) is 5.56 Å². The quantitative estimate of drug-likeness (QED) is 0.928. The van der Waals surface area contributed by atoms with E-state index in [0.717, 1.165) is 24.9 Å². The molecule has 2 unspecified atom stereocenters. The molecule has 4 heteroatoms. The molecule has 2 rings (SSSR count). The van der Waals surface area contributed by atoms with E-state index in [2.05, 4.69) is 24.4 Å². The molecule has 1 aliphatic rings. The first-order valence-corrected chi connectivity index (χ1v) is 8.54.